The standard InChI is InChI=1S/C21H23F3N6S/c22-21(23,24)9-16-28-17-18(26-13-27-19(17)31-16)30-8-6-20(12-30)5-7-29(11-20)10-14-3-1-2-4-15(14)25/h1-4,13H,5-12,25H2. The van der Waals surface area contributed by atoms with Crippen LogP contribution in [0.4, 0.5) is 24.7 Å². The third-order valence-corrected chi connectivity index (χ3v) is 7.24. The maximum Gasteiger partial charge on any atom is 0.395 e. The van der Waals surface area contributed by atoms with Crippen LogP contribution in [0.3, 0.4) is 0 Å². The van der Waals surface area contributed by atoms with Crippen LogP contribution in [0.15, 0.2) is 30.6 Å². The number of alkyl halides is 3. The van der Waals surface area contributed by atoms with Crippen LogP contribution in [-0.4, -0.2) is 52.2 Å². The van der Waals surface area contributed by atoms with E-state index in [0.29, 0.717) is 16.2 Å². The number of rotatable bonds is 4. The van der Waals surface area contributed by atoms with E-state index in [1.54, 1.807) is 0 Å². The predicted molar refractivity (Wildman–Crippen MR) is 115 cm³/mol. The number of benzene rings is 1. The third-order valence-electron chi connectivity index (χ3n) is 6.28. The van der Waals surface area contributed by atoms with Crippen molar-refractivity contribution in [2.75, 3.05) is 36.8 Å². The maximum atomic E-state index is 12.8. The highest BCUT2D eigenvalue weighted by atomic mass is 32.1. The molecule has 4 heterocycles. The van der Waals surface area contributed by atoms with Crippen molar-refractivity contribution in [2.45, 2.75) is 32.0 Å². The zero-order valence-electron chi connectivity index (χ0n) is 16.9. The quantitative estimate of drug-likeness (QED) is 0.611. The minimum atomic E-state index is -4.28. The summed E-state index contributed by atoms with van der Waals surface area (Å²) in [5.74, 6) is 0.650. The molecule has 2 aromatic heterocycles. The number of hydrogen-bond acceptors (Lipinski definition) is 7. The monoisotopic (exact) mass is 448 g/mol. The van der Waals surface area contributed by atoms with E-state index in [9.17, 15) is 13.2 Å². The summed E-state index contributed by atoms with van der Waals surface area (Å²) in [5, 5.41) is 0.0330. The van der Waals surface area contributed by atoms with Crippen LogP contribution in [0.2, 0.25) is 0 Å². The number of anilines is 2. The van der Waals surface area contributed by atoms with Gasteiger partial charge in [0.15, 0.2) is 5.82 Å². The van der Waals surface area contributed by atoms with Gasteiger partial charge in [-0.25, -0.2) is 15.0 Å². The Morgan fingerprint density at radius 2 is 1.90 bits per heavy atom. The van der Waals surface area contributed by atoms with Crippen LogP contribution in [0.25, 0.3) is 10.3 Å². The Morgan fingerprint density at radius 3 is 2.71 bits per heavy atom. The van der Waals surface area contributed by atoms with Gasteiger partial charge in [0.1, 0.15) is 21.7 Å². The Kier molecular flexibility index (Phi) is 5.01. The van der Waals surface area contributed by atoms with Crippen LogP contribution in [0, 0.1) is 5.41 Å². The molecule has 0 aliphatic carbocycles. The average Bonchev–Trinajstić information content (AvgIpc) is 3.41. The summed E-state index contributed by atoms with van der Waals surface area (Å²) >= 11 is 0.995. The van der Waals surface area contributed by atoms with Gasteiger partial charge in [0.25, 0.3) is 0 Å². The third kappa shape index (κ3) is 4.18. The molecule has 6 nitrogen and oxygen atoms in total. The molecule has 2 fully saturated rings. The van der Waals surface area contributed by atoms with E-state index in [1.807, 2.05) is 18.2 Å². The molecule has 1 spiro atoms. The smallest absolute Gasteiger partial charge is 0.395 e. The number of nitrogen functional groups attached to an aromatic ring is 1. The van der Waals surface area contributed by atoms with Gasteiger partial charge in [0, 0.05) is 37.3 Å². The number of likely N-dealkylation sites (tertiary alicyclic amines) is 1. The lowest BCUT2D eigenvalue weighted by Gasteiger charge is -2.25. The van der Waals surface area contributed by atoms with Crippen LogP contribution in [0.5, 0.6) is 0 Å². The second kappa shape index (κ2) is 7.59. The van der Waals surface area contributed by atoms with Gasteiger partial charge in [-0.2, -0.15) is 13.2 Å². The van der Waals surface area contributed by atoms with E-state index in [4.69, 9.17) is 5.73 Å². The van der Waals surface area contributed by atoms with E-state index in [0.717, 1.165) is 68.2 Å². The first kappa shape index (κ1) is 20.4. The van der Waals surface area contributed by atoms with Crippen LogP contribution in [0.1, 0.15) is 23.4 Å². The molecule has 2 aliphatic rings. The zero-order chi connectivity index (χ0) is 21.6. The first-order chi connectivity index (χ1) is 14.8. The van der Waals surface area contributed by atoms with Crippen molar-refractivity contribution < 1.29 is 13.2 Å². The fourth-order valence-electron chi connectivity index (χ4n) is 4.79. The SMILES string of the molecule is Nc1ccccc1CN1CCC2(CCN(c3ncnc4sc(CC(F)(F)F)nc34)C2)C1. The zero-order valence-corrected chi connectivity index (χ0v) is 17.7. The van der Waals surface area contributed by atoms with Crippen molar-refractivity contribution in [3.63, 3.8) is 0 Å². The van der Waals surface area contributed by atoms with Crippen molar-refractivity contribution in [1.29, 1.82) is 0 Å². The fourth-order valence-corrected chi connectivity index (χ4v) is 5.72. The van der Waals surface area contributed by atoms with Gasteiger partial charge in [-0.3, -0.25) is 4.90 Å². The van der Waals surface area contributed by atoms with Crippen molar-refractivity contribution in [3.8, 4) is 0 Å². The molecule has 0 amide bonds. The Balaban J connectivity index is 1.32. The van der Waals surface area contributed by atoms with Gasteiger partial charge in [0.05, 0.1) is 6.42 Å². The second-order valence-corrected chi connectivity index (χ2v) is 9.64. The molecule has 3 aromatic rings. The molecule has 31 heavy (non-hydrogen) atoms. The molecule has 10 heteroatoms. The summed E-state index contributed by atoms with van der Waals surface area (Å²) < 4.78 is 38.4. The molecule has 2 aliphatic heterocycles. The lowest BCUT2D eigenvalue weighted by atomic mass is 9.86. The minimum Gasteiger partial charge on any atom is -0.398 e. The summed E-state index contributed by atoms with van der Waals surface area (Å²) in [6.07, 6.45) is -1.78. The number of aromatic nitrogens is 3. The summed E-state index contributed by atoms with van der Waals surface area (Å²) in [5.41, 5.74) is 8.71. The van der Waals surface area contributed by atoms with E-state index < -0.39 is 12.6 Å². The number of para-hydroxylation sites is 1. The summed E-state index contributed by atoms with van der Waals surface area (Å²) in [6, 6.07) is 7.95. The van der Waals surface area contributed by atoms with Crippen molar-refractivity contribution in [3.05, 3.63) is 41.2 Å². The van der Waals surface area contributed by atoms with E-state index in [-0.39, 0.29) is 10.4 Å². The molecule has 1 aromatic carbocycles. The average molecular weight is 449 g/mol. The first-order valence-corrected chi connectivity index (χ1v) is 11.1. The Bertz CT molecular complexity index is 1100. The van der Waals surface area contributed by atoms with Gasteiger partial charge in [-0.15, -0.1) is 0 Å². The van der Waals surface area contributed by atoms with Crippen LogP contribution < -0.4 is 10.6 Å². The van der Waals surface area contributed by atoms with Gasteiger partial charge in [-0.1, -0.05) is 29.5 Å². The predicted octanol–water partition coefficient (Wildman–Crippen LogP) is 3.88. The highest BCUT2D eigenvalue weighted by Crippen LogP contribution is 2.42. The molecule has 2 N–H and O–H groups in total. The summed E-state index contributed by atoms with van der Waals surface area (Å²) in [4.78, 5) is 17.9. The number of halogens is 3. The molecular weight excluding hydrogens is 425 g/mol. The number of fused-ring (bicyclic) bond motifs is 1. The molecule has 0 saturated carbocycles. The van der Waals surface area contributed by atoms with Gasteiger partial charge in [0.2, 0.25) is 0 Å². The molecule has 1 unspecified atom stereocenters. The molecule has 5 rings (SSSR count). The molecular formula is C21H23F3N6S. The number of nitrogens with zero attached hydrogens (tertiary/aromatic N) is 5. The van der Waals surface area contributed by atoms with E-state index >= 15 is 0 Å². The maximum absolute atomic E-state index is 12.8. The van der Waals surface area contributed by atoms with E-state index in [2.05, 4.69) is 30.8 Å². The van der Waals surface area contributed by atoms with Gasteiger partial charge >= 0.3 is 6.18 Å². The first-order valence-electron chi connectivity index (χ1n) is 10.3. The topological polar surface area (TPSA) is 71.2 Å². The fraction of sp³-hybridized carbons (Fsp3) is 0.476. The normalized spacial score (nSPS) is 22.2. The van der Waals surface area contributed by atoms with Crippen molar-refractivity contribution >= 4 is 33.2 Å². The number of hydrogen-bond donors (Lipinski definition) is 1. The molecule has 2 saturated heterocycles. The molecule has 164 valence electrons. The molecule has 0 bridgehead atoms. The van der Waals surface area contributed by atoms with Crippen molar-refractivity contribution in [2.24, 2.45) is 5.41 Å². The van der Waals surface area contributed by atoms with Gasteiger partial charge < -0.3 is 10.6 Å². The largest absolute Gasteiger partial charge is 0.398 e. The lowest BCUT2D eigenvalue weighted by Crippen LogP contribution is -2.31. The van der Waals surface area contributed by atoms with Crippen LogP contribution in [-0.2, 0) is 13.0 Å². The second-order valence-electron chi connectivity index (χ2n) is 8.58. The Labute approximate surface area is 181 Å². The van der Waals surface area contributed by atoms with E-state index in [1.165, 1.54) is 6.33 Å². The Morgan fingerprint density at radius 1 is 1.10 bits per heavy atom. The number of nitrogens with two attached hydrogens (primary N) is 1. The highest BCUT2D eigenvalue weighted by molar-refractivity contribution is 7.18. The molecule has 0 radical (unpaired) electrons. The summed E-state index contributed by atoms with van der Waals surface area (Å²) in [6.45, 7) is 4.46. The molecule has 1 atom stereocenters. The highest BCUT2D eigenvalue weighted by Gasteiger charge is 2.44. The minimum absolute atomic E-state index is 0.0330. The lowest BCUT2D eigenvalue weighted by molar-refractivity contribution is -0.127. The number of thiazole rings is 1. The van der Waals surface area contributed by atoms with Crippen LogP contribution >= 0.6 is 11.3 Å². The van der Waals surface area contributed by atoms with Crippen molar-refractivity contribution in [1.82, 2.24) is 19.9 Å². The van der Waals surface area contributed by atoms with Gasteiger partial charge in [-0.05, 0) is 31.0 Å². The summed E-state index contributed by atoms with van der Waals surface area (Å²) in [7, 11) is 0. The Hall–Kier alpha value is -2.46.